The lowest BCUT2D eigenvalue weighted by molar-refractivity contribution is -0.147. The standard InChI is InChI=1S/C14H19NO5/c1-5-20-14(17)13(15-9(2)16)11-7-6-10(18-3)8-12(11)19-4/h6-8,13H,5H2,1-4H3,(H,15,16)/t13-/m1/s1. The van der Waals surface area contributed by atoms with E-state index in [4.69, 9.17) is 14.2 Å². The summed E-state index contributed by atoms with van der Waals surface area (Å²) in [4.78, 5) is 23.3. The first-order valence-electron chi connectivity index (χ1n) is 6.19. The van der Waals surface area contributed by atoms with E-state index in [9.17, 15) is 9.59 Å². The molecule has 6 nitrogen and oxygen atoms in total. The van der Waals surface area contributed by atoms with Crippen LogP contribution >= 0.6 is 0 Å². The third-order valence-corrected chi connectivity index (χ3v) is 2.62. The highest BCUT2D eigenvalue weighted by Gasteiger charge is 2.26. The molecule has 0 unspecified atom stereocenters. The van der Waals surface area contributed by atoms with Crippen molar-refractivity contribution in [2.75, 3.05) is 20.8 Å². The Kier molecular flexibility index (Phi) is 5.83. The molecule has 0 aliphatic carbocycles. The van der Waals surface area contributed by atoms with E-state index in [0.717, 1.165) is 0 Å². The minimum absolute atomic E-state index is 0.230. The van der Waals surface area contributed by atoms with Crippen molar-refractivity contribution in [2.24, 2.45) is 0 Å². The Morgan fingerprint density at radius 2 is 1.95 bits per heavy atom. The SMILES string of the molecule is CCOC(=O)[C@H](NC(C)=O)c1ccc(OC)cc1OC. The molecule has 1 aromatic rings. The Morgan fingerprint density at radius 1 is 1.25 bits per heavy atom. The van der Waals surface area contributed by atoms with E-state index < -0.39 is 12.0 Å². The number of nitrogens with one attached hydrogen (secondary N) is 1. The Morgan fingerprint density at radius 3 is 2.45 bits per heavy atom. The molecule has 0 aromatic heterocycles. The molecule has 1 N–H and O–H groups in total. The van der Waals surface area contributed by atoms with Gasteiger partial charge in [0.2, 0.25) is 5.91 Å². The average Bonchev–Trinajstić information content (AvgIpc) is 2.44. The van der Waals surface area contributed by atoms with Gasteiger partial charge in [0.15, 0.2) is 6.04 Å². The minimum atomic E-state index is -0.909. The van der Waals surface area contributed by atoms with Crippen LogP contribution < -0.4 is 14.8 Å². The number of methoxy groups -OCH3 is 2. The van der Waals surface area contributed by atoms with Crippen LogP contribution in [0.5, 0.6) is 11.5 Å². The highest BCUT2D eigenvalue weighted by molar-refractivity contribution is 5.85. The van der Waals surface area contributed by atoms with Gasteiger partial charge < -0.3 is 19.5 Å². The predicted octanol–water partition coefficient (Wildman–Crippen LogP) is 1.44. The number of rotatable bonds is 6. The number of amides is 1. The second kappa shape index (κ2) is 7.37. The van der Waals surface area contributed by atoms with E-state index in [1.807, 2.05) is 0 Å². The van der Waals surface area contributed by atoms with Crippen molar-refractivity contribution < 1.29 is 23.8 Å². The highest BCUT2D eigenvalue weighted by Crippen LogP contribution is 2.30. The van der Waals surface area contributed by atoms with Crippen molar-refractivity contribution in [3.63, 3.8) is 0 Å². The zero-order valence-electron chi connectivity index (χ0n) is 12.1. The summed E-state index contributed by atoms with van der Waals surface area (Å²) >= 11 is 0. The van der Waals surface area contributed by atoms with Gasteiger partial charge in [0.25, 0.3) is 0 Å². The maximum absolute atomic E-state index is 12.0. The van der Waals surface area contributed by atoms with E-state index in [1.54, 1.807) is 25.1 Å². The fraction of sp³-hybridized carbons (Fsp3) is 0.429. The number of carbonyl (C=O) groups is 2. The van der Waals surface area contributed by atoms with Gasteiger partial charge in [-0.05, 0) is 19.1 Å². The lowest BCUT2D eigenvalue weighted by Crippen LogP contribution is -2.33. The molecule has 1 atom stereocenters. The van der Waals surface area contributed by atoms with E-state index in [2.05, 4.69) is 5.32 Å². The van der Waals surface area contributed by atoms with Gasteiger partial charge in [-0.2, -0.15) is 0 Å². The lowest BCUT2D eigenvalue weighted by atomic mass is 10.1. The van der Waals surface area contributed by atoms with Crippen molar-refractivity contribution in [1.82, 2.24) is 5.32 Å². The van der Waals surface area contributed by atoms with Crippen LogP contribution in [0.15, 0.2) is 18.2 Å². The Labute approximate surface area is 118 Å². The summed E-state index contributed by atoms with van der Waals surface area (Å²) in [5, 5.41) is 2.56. The van der Waals surface area contributed by atoms with Crippen molar-refractivity contribution in [1.29, 1.82) is 0 Å². The maximum Gasteiger partial charge on any atom is 0.333 e. The second-order valence-corrected chi connectivity index (χ2v) is 3.99. The topological polar surface area (TPSA) is 73.9 Å². The van der Waals surface area contributed by atoms with E-state index >= 15 is 0 Å². The third kappa shape index (κ3) is 3.88. The number of hydrogen-bond acceptors (Lipinski definition) is 5. The van der Waals surface area contributed by atoms with E-state index in [1.165, 1.54) is 21.1 Å². The molecule has 1 amide bonds. The molecule has 0 fully saturated rings. The normalized spacial score (nSPS) is 11.4. The molecule has 0 saturated heterocycles. The summed E-state index contributed by atoms with van der Waals surface area (Å²) in [7, 11) is 3.01. The fourth-order valence-electron chi connectivity index (χ4n) is 1.75. The van der Waals surface area contributed by atoms with Crippen LogP contribution in [0.4, 0.5) is 0 Å². The molecule has 1 aromatic carbocycles. The molecule has 0 aliphatic heterocycles. The zero-order valence-corrected chi connectivity index (χ0v) is 12.1. The van der Waals surface area contributed by atoms with E-state index in [0.29, 0.717) is 17.1 Å². The van der Waals surface area contributed by atoms with Crippen LogP contribution in [0.1, 0.15) is 25.5 Å². The van der Waals surface area contributed by atoms with Crippen LogP contribution in [-0.2, 0) is 14.3 Å². The zero-order chi connectivity index (χ0) is 15.1. The first-order valence-corrected chi connectivity index (χ1v) is 6.19. The van der Waals surface area contributed by atoms with Crippen molar-refractivity contribution in [2.45, 2.75) is 19.9 Å². The third-order valence-electron chi connectivity index (χ3n) is 2.62. The molecular weight excluding hydrogens is 262 g/mol. The molecule has 1 rings (SSSR count). The number of hydrogen-bond donors (Lipinski definition) is 1. The van der Waals surface area contributed by atoms with Gasteiger partial charge >= 0.3 is 5.97 Å². The highest BCUT2D eigenvalue weighted by atomic mass is 16.5. The fourth-order valence-corrected chi connectivity index (χ4v) is 1.75. The lowest BCUT2D eigenvalue weighted by Gasteiger charge is -2.19. The number of esters is 1. The smallest absolute Gasteiger partial charge is 0.333 e. The van der Waals surface area contributed by atoms with Gasteiger partial charge in [-0.15, -0.1) is 0 Å². The Bertz CT molecular complexity index is 486. The van der Waals surface area contributed by atoms with Crippen LogP contribution in [0.3, 0.4) is 0 Å². The van der Waals surface area contributed by atoms with Gasteiger partial charge in [-0.1, -0.05) is 0 Å². The van der Waals surface area contributed by atoms with Gasteiger partial charge in [0.1, 0.15) is 11.5 Å². The van der Waals surface area contributed by atoms with Gasteiger partial charge in [-0.25, -0.2) is 4.79 Å². The molecule has 110 valence electrons. The Hall–Kier alpha value is -2.24. The summed E-state index contributed by atoms with van der Waals surface area (Å²) in [5.41, 5.74) is 0.516. The number of benzene rings is 1. The second-order valence-electron chi connectivity index (χ2n) is 3.99. The predicted molar refractivity (Wildman–Crippen MR) is 72.7 cm³/mol. The van der Waals surface area contributed by atoms with Crippen LogP contribution in [0.25, 0.3) is 0 Å². The number of ether oxygens (including phenoxy) is 3. The summed E-state index contributed by atoms with van der Waals surface area (Å²) in [6.07, 6.45) is 0. The molecule has 0 aliphatic rings. The first kappa shape index (κ1) is 15.8. The van der Waals surface area contributed by atoms with Crippen LogP contribution in [-0.4, -0.2) is 32.7 Å². The van der Waals surface area contributed by atoms with Gasteiger partial charge in [0, 0.05) is 18.6 Å². The average molecular weight is 281 g/mol. The van der Waals surface area contributed by atoms with Gasteiger partial charge in [-0.3, -0.25) is 4.79 Å². The molecule has 20 heavy (non-hydrogen) atoms. The largest absolute Gasteiger partial charge is 0.497 e. The maximum atomic E-state index is 12.0. The van der Waals surface area contributed by atoms with Crippen LogP contribution in [0.2, 0.25) is 0 Å². The van der Waals surface area contributed by atoms with Crippen molar-refractivity contribution >= 4 is 11.9 Å². The quantitative estimate of drug-likeness (QED) is 0.799. The monoisotopic (exact) mass is 281 g/mol. The first-order chi connectivity index (χ1) is 9.53. The molecule has 0 spiro atoms. The number of carbonyl (C=O) groups excluding carboxylic acids is 2. The summed E-state index contributed by atoms with van der Waals surface area (Å²) in [6.45, 7) is 3.27. The molecule has 0 saturated carbocycles. The molecular formula is C14H19NO5. The summed E-state index contributed by atoms with van der Waals surface area (Å²) in [6, 6.07) is 4.08. The minimum Gasteiger partial charge on any atom is -0.497 e. The summed E-state index contributed by atoms with van der Waals surface area (Å²) < 4.78 is 15.3. The molecule has 6 heteroatoms. The van der Waals surface area contributed by atoms with Gasteiger partial charge in [0.05, 0.1) is 20.8 Å². The van der Waals surface area contributed by atoms with Crippen LogP contribution in [0, 0.1) is 0 Å². The van der Waals surface area contributed by atoms with E-state index in [-0.39, 0.29) is 12.5 Å². The molecule has 0 heterocycles. The molecule has 0 radical (unpaired) electrons. The Balaban J connectivity index is 3.18. The van der Waals surface area contributed by atoms with Crippen molar-refractivity contribution in [3.05, 3.63) is 23.8 Å². The van der Waals surface area contributed by atoms with Crippen molar-refractivity contribution in [3.8, 4) is 11.5 Å². The summed E-state index contributed by atoms with van der Waals surface area (Å²) in [5.74, 6) is 0.166. The molecule has 0 bridgehead atoms.